The number of allylic oxidation sites excluding steroid dienone is 1. The Labute approximate surface area is 266 Å². The highest BCUT2D eigenvalue weighted by Crippen LogP contribution is 2.59. The number of aliphatic hydroxyl groups is 1. The molecule has 1 aromatic rings. The first-order chi connectivity index (χ1) is 21.2. The van der Waals surface area contributed by atoms with Gasteiger partial charge in [-0.25, -0.2) is 0 Å². The lowest BCUT2D eigenvalue weighted by Crippen LogP contribution is -2.59. The molecule has 5 rings (SSSR count). The molecule has 0 aromatic heterocycles. The van der Waals surface area contributed by atoms with Gasteiger partial charge in [0.05, 0.1) is 25.1 Å². The maximum absolute atomic E-state index is 14.7. The van der Waals surface area contributed by atoms with Crippen LogP contribution in [0.25, 0.3) is 0 Å². The van der Waals surface area contributed by atoms with Gasteiger partial charge in [0, 0.05) is 23.5 Å². The summed E-state index contributed by atoms with van der Waals surface area (Å²) in [5.74, 6) is -3.58. The van der Waals surface area contributed by atoms with E-state index in [1.807, 2.05) is 56.3 Å². The van der Waals surface area contributed by atoms with Crippen molar-refractivity contribution in [1.29, 1.82) is 0 Å². The maximum Gasteiger partial charge on any atom is 0.313 e. The summed E-state index contributed by atoms with van der Waals surface area (Å²) >= 11 is 3.58. The Balaban J connectivity index is 1.62. The number of carbonyl (C=O) groups excluding carboxylic acids is 4. The maximum atomic E-state index is 14.7. The van der Waals surface area contributed by atoms with Crippen molar-refractivity contribution >= 4 is 39.6 Å². The van der Waals surface area contributed by atoms with Gasteiger partial charge in [-0.1, -0.05) is 78.7 Å². The predicted octanol–water partition coefficient (Wildman–Crippen LogP) is 3.40. The average Bonchev–Trinajstić information content (AvgIpc) is 3.61. The van der Waals surface area contributed by atoms with Crippen molar-refractivity contribution in [1.82, 2.24) is 15.1 Å². The van der Waals surface area contributed by atoms with Gasteiger partial charge >= 0.3 is 5.97 Å². The second kappa shape index (κ2) is 13.5. The van der Waals surface area contributed by atoms with Crippen molar-refractivity contribution < 1.29 is 33.8 Å². The third kappa shape index (κ3) is 5.74. The second-order valence-electron chi connectivity index (χ2n) is 12.1. The second-order valence-corrected chi connectivity index (χ2v) is 13.0. The first kappa shape index (κ1) is 32.4. The third-order valence-electron chi connectivity index (χ3n) is 9.39. The quantitative estimate of drug-likeness (QED) is 0.336. The standard InChI is InChI=1S/C33H42BrN3O7/c1-4-12-20(3)36-16-11-7-10-15-25(39)35-18-24(21-13-8-6-9-14-21)43-32(42)26-27-30(40)37(22(5-2)19-38)29(31(36)41)33(27)17-23(34)28(26)44-33/h6-9,11,13-14,17,20,22,24,26-29,38H,4-5,10,12,15-16,18-19H2,1-3H3,(H,35,39)/b11-7-/t20?,22-,24-,26-,27+,28-,29-,33+/m0/s1. The number of ether oxygens (including phenoxy) is 2. The van der Waals surface area contributed by atoms with Crippen molar-refractivity contribution in [3.05, 3.63) is 58.6 Å². The Hall–Kier alpha value is -3.02. The zero-order valence-corrected chi connectivity index (χ0v) is 27.1. The van der Waals surface area contributed by atoms with Crippen molar-refractivity contribution in [3.63, 3.8) is 0 Å². The number of hydrogen-bond acceptors (Lipinski definition) is 7. The smallest absolute Gasteiger partial charge is 0.313 e. The highest BCUT2D eigenvalue weighted by Gasteiger charge is 2.75. The van der Waals surface area contributed by atoms with Crippen LogP contribution in [0, 0.1) is 11.8 Å². The summed E-state index contributed by atoms with van der Waals surface area (Å²) in [6.45, 7) is 5.90. The van der Waals surface area contributed by atoms with Gasteiger partial charge in [0.2, 0.25) is 17.7 Å². The first-order valence-electron chi connectivity index (χ1n) is 15.6. The number of carbonyl (C=O) groups is 4. The molecule has 1 spiro atoms. The minimum atomic E-state index is -1.41. The van der Waals surface area contributed by atoms with E-state index in [1.54, 1.807) is 11.0 Å². The summed E-state index contributed by atoms with van der Waals surface area (Å²) in [5.41, 5.74) is -0.714. The number of cyclic esters (lactones) is 1. The molecule has 4 aliphatic heterocycles. The van der Waals surface area contributed by atoms with Crippen LogP contribution in [-0.2, 0) is 28.7 Å². The van der Waals surface area contributed by atoms with E-state index in [9.17, 15) is 24.3 Å². The van der Waals surface area contributed by atoms with E-state index >= 15 is 0 Å². The third-order valence-corrected chi connectivity index (χ3v) is 10.1. The van der Waals surface area contributed by atoms with Gasteiger partial charge in [-0.3, -0.25) is 19.2 Å². The number of hydrogen-bond donors (Lipinski definition) is 2. The van der Waals surface area contributed by atoms with E-state index in [1.165, 1.54) is 4.90 Å². The number of nitrogens with one attached hydrogen (secondary N) is 1. The Morgan fingerprint density at radius 2 is 1.86 bits per heavy atom. The lowest BCUT2D eigenvalue weighted by molar-refractivity contribution is -0.160. The molecule has 238 valence electrons. The highest BCUT2D eigenvalue weighted by atomic mass is 79.9. The topological polar surface area (TPSA) is 125 Å². The van der Waals surface area contributed by atoms with Crippen LogP contribution in [-0.4, -0.2) is 88.1 Å². The number of halogens is 1. The molecule has 4 heterocycles. The van der Waals surface area contributed by atoms with Crippen LogP contribution in [0.3, 0.4) is 0 Å². The molecule has 5 bridgehead atoms. The van der Waals surface area contributed by atoms with Gasteiger partial charge in [-0.05, 0) is 37.8 Å². The lowest BCUT2D eigenvalue weighted by atomic mass is 9.74. The minimum Gasteiger partial charge on any atom is -0.455 e. The lowest BCUT2D eigenvalue weighted by Gasteiger charge is -2.40. The van der Waals surface area contributed by atoms with Crippen LogP contribution in [0.2, 0.25) is 0 Å². The largest absolute Gasteiger partial charge is 0.455 e. The number of nitrogens with zero attached hydrogens (tertiary/aromatic N) is 2. The van der Waals surface area contributed by atoms with Crippen LogP contribution in [0.4, 0.5) is 0 Å². The molecule has 0 aliphatic carbocycles. The van der Waals surface area contributed by atoms with E-state index in [-0.39, 0.29) is 44.0 Å². The fourth-order valence-electron chi connectivity index (χ4n) is 7.16. The number of rotatable bonds is 7. The summed E-state index contributed by atoms with van der Waals surface area (Å²) in [7, 11) is 0. The van der Waals surface area contributed by atoms with Gasteiger partial charge in [-0.15, -0.1) is 0 Å². The number of esters is 1. The molecule has 44 heavy (non-hydrogen) atoms. The molecule has 2 N–H and O–H groups in total. The Kier molecular flexibility index (Phi) is 9.96. The van der Waals surface area contributed by atoms with Crippen LogP contribution in [0.1, 0.15) is 64.5 Å². The number of likely N-dealkylation sites (tertiary alicyclic amines) is 1. The van der Waals surface area contributed by atoms with Crippen LogP contribution >= 0.6 is 15.9 Å². The monoisotopic (exact) mass is 671 g/mol. The molecular formula is C33H42BrN3O7. The molecular weight excluding hydrogens is 630 g/mol. The summed E-state index contributed by atoms with van der Waals surface area (Å²) in [5, 5.41) is 13.3. The molecule has 1 aromatic carbocycles. The molecule has 1 unspecified atom stereocenters. The van der Waals surface area contributed by atoms with Crippen LogP contribution < -0.4 is 5.32 Å². The van der Waals surface area contributed by atoms with Crippen molar-refractivity contribution in [2.45, 2.75) is 88.8 Å². The number of fused-ring (bicyclic) bond motifs is 2. The number of benzene rings is 1. The molecule has 2 fully saturated rings. The summed E-state index contributed by atoms with van der Waals surface area (Å²) in [4.78, 5) is 59.2. The van der Waals surface area contributed by atoms with E-state index in [0.29, 0.717) is 22.9 Å². The van der Waals surface area contributed by atoms with Gasteiger partial charge in [-0.2, -0.15) is 0 Å². The van der Waals surface area contributed by atoms with E-state index in [2.05, 4.69) is 28.2 Å². The molecule has 11 heteroatoms. The summed E-state index contributed by atoms with van der Waals surface area (Å²) in [6, 6.07) is 7.27. The summed E-state index contributed by atoms with van der Waals surface area (Å²) < 4.78 is 13.2. The summed E-state index contributed by atoms with van der Waals surface area (Å²) in [6.07, 6.45) is 6.66. The average molecular weight is 673 g/mol. The van der Waals surface area contributed by atoms with Gasteiger partial charge < -0.3 is 29.7 Å². The molecule has 10 nitrogen and oxygen atoms in total. The van der Waals surface area contributed by atoms with Gasteiger partial charge in [0.25, 0.3) is 0 Å². The Morgan fingerprint density at radius 1 is 1.11 bits per heavy atom. The highest BCUT2D eigenvalue weighted by molar-refractivity contribution is 9.11. The SMILES string of the molecule is CCCC(C)N1C/C=C\CCC(=O)NC[C@@H](c2ccccc2)OC(=O)[C@@H]2[C@H]3O[C@@]4(C=C3Br)[C@H](C1=O)N([C@@H](CC)CO)C(=O)[C@@H]24. The fraction of sp³-hybridized carbons (Fsp3) is 0.576. The van der Waals surface area contributed by atoms with Crippen LogP contribution in [0.15, 0.2) is 53.0 Å². The Morgan fingerprint density at radius 3 is 2.55 bits per heavy atom. The van der Waals surface area contributed by atoms with Crippen LogP contribution in [0.5, 0.6) is 0 Å². The van der Waals surface area contributed by atoms with Gasteiger partial charge in [0.1, 0.15) is 29.8 Å². The van der Waals surface area contributed by atoms with Crippen molar-refractivity contribution in [2.24, 2.45) is 11.8 Å². The molecule has 4 aliphatic rings. The molecule has 0 radical (unpaired) electrons. The molecule has 0 saturated carbocycles. The molecule has 3 amide bonds. The zero-order chi connectivity index (χ0) is 31.6. The number of aliphatic hydroxyl groups excluding tert-OH is 1. The normalized spacial score (nSPS) is 33.0. The minimum absolute atomic E-state index is 0.0648. The van der Waals surface area contributed by atoms with E-state index < -0.39 is 53.6 Å². The van der Waals surface area contributed by atoms with E-state index in [4.69, 9.17) is 9.47 Å². The first-order valence-corrected chi connectivity index (χ1v) is 16.4. The Bertz CT molecular complexity index is 1320. The van der Waals surface area contributed by atoms with E-state index in [0.717, 1.165) is 12.8 Å². The van der Waals surface area contributed by atoms with Gasteiger partial charge in [0.15, 0.2) is 0 Å². The van der Waals surface area contributed by atoms with Crippen molar-refractivity contribution in [2.75, 3.05) is 19.7 Å². The van der Waals surface area contributed by atoms with Crippen molar-refractivity contribution in [3.8, 4) is 0 Å². The molecule has 8 atom stereocenters. The number of amides is 3. The molecule has 2 saturated heterocycles. The predicted molar refractivity (Wildman–Crippen MR) is 166 cm³/mol. The fourth-order valence-corrected chi connectivity index (χ4v) is 7.90. The zero-order valence-electron chi connectivity index (χ0n) is 25.5.